The van der Waals surface area contributed by atoms with Crippen LogP contribution in [0.2, 0.25) is 0 Å². The van der Waals surface area contributed by atoms with E-state index < -0.39 is 0 Å². The van der Waals surface area contributed by atoms with Crippen LogP contribution in [0.5, 0.6) is 5.88 Å². The highest BCUT2D eigenvalue weighted by atomic mass is 16.5. The number of hydrogen-bond acceptors (Lipinski definition) is 5. The molecule has 5 nitrogen and oxygen atoms in total. The monoisotopic (exact) mass is 290 g/mol. The molecular formula is C16H26N4O. The SMILES string of the molecule is CCOc1nc(N2CCC3C(CCCN3C)C2)ccc1N. The first-order valence-electron chi connectivity index (χ1n) is 8.03. The molecule has 3 rings (SSSR count). The molecule has 0 radical (unpaired) electrons. The van der Waals surface area contributed by atoms with Crippen LogP contribution >= 0.6 is 0 Å². The number of rotatable bonds is 3. The van der Waals surface area contributed by atoms with E-state index in [0.717, 1.165) is 30.9 Å². The van der Waals surface area contributed by atoms with Gasteiger partial charge in [0.25, 0.3) is 0 Å². The number of ether oxygens (including phenoxy) is 1. The number of pyridine rings is 1. The second-order valence-electron chi connectivity index (χ2n) is 6.18. The van der Waals surface area contributed by atoms with Gasteiger partial charge in [0.15, 0.2) is 0 Å². The van der Waals surface area contributed by atoms with Crippen molar-refractivity contribution < 1.29 is 4.74 Å². The Balaban J connectivity index is 1.74. The summed E-state index contributed by atoms with van der Waals surface area (Å²) in [6, 6.07) is 4.67. The van der Waals surface area contributed by atoms with Crippen molar-refractivity contribution in [1.82, 2.24) is 9.88 Å². The first-order valence-corrected chi connectivity index (χ1v) is 8.03. The molecule has 2 unspecified atom stereocenters. The zero-order valence-corrected chi connectivity index (χ0v) is 13.1. The van der Waals surface area contributed by atoms with E-state index in [2.05, 4.69) is 21.8 Å². The summed E-state index contributed by atoms with van der Waals surface area (Å²) in [6.07, 6.45) is 3.86. The standard InChI is InChI=1S/C16H26N4O/c1-3-21-16-13(17)6-7-15(18-16)20-10-8-14-12(11-20)5-4-9-19(14)2/h6-7,12,14H,3-5,8-11,17H2,1-2H3. The maximum absolute atomic E-state index is 5.92. The van der Waals surface area contributed by atoms with Gasteiger partial charge in [0, 0.05) is 19.1 Å². The van der Waals surface area contributed by atoms with E-state index in [1.54, 1.807) is 0 Å². The maximum atomic E-state index is 5.92. The number of nitrogens with zero attached hydrogens (tertiary/aromatic N) is 3. The molecule has 2 saturated heterocycles. The molecule has 0 spiro atoms. The zero-order chi connectivity index (χ0) is 14.8. The summed E-state index contributed by atoms with van der Waals surface area (Å²) in [5, 5.41) is 0. The van der Waals surface area contributed by atoms with Crippen LogP contribution < -0.4 is 15.4 Å². The van der Waals surface area contributed by atoms with E-state index in [4.69, 9.17) is 10.5 Å². The van der Waals surface area contributed by atoms with Gasteiger partial charge in [0.2, 0.25) is 5.88 Å². The highest BCUT2D eigenvalue weighted by Gasteiger charge is 2.34. The summed E-state index contributed by atoms with van der Waals surface area (Å²) >= 11 is 0. The third kappa shape index (κ3) is 2.93. The summed E-state index contributed by atoms with van der Waals surface area (Å²) in [5.41, 5.74) is 6.54. The molecule has 0 saturated carbocycles. The maximum Gasteiger partial charge on any atom is 0.239 e. The number of aromatic nitrogens is 1. The Hall–Kier alpha value is -1.49. The van der Waals surface area contributed by atoms with Crippen LogP contribution in [0.4, 0.5) is 11.5 Å². The lowest BCUT2D eigenvalue weighted by atomic mass is 9.84. The molecule has 2 aliphatic rings. The fourth-order valence-corrected chi connectivity index (χ4v) is 3.73. The lowest BCUT2D eigenvalue weighted by Crippen LogP contribution is -2.52. The van der Waals surface area contributed by atoms with Crippen molar-refractivity contribution in [2.75, 3.05) is 43.9 Å². The Morgan fingerprint density at radius 1 is 1.33 bits per heavy atom. The largest absolute Gasteiger partial charge is 0.476 e. The van der Waals surface area contributed by atoms with Crippen molar-refractivity contribution >= 4 is 11.5 Å². The molecule has 1 aromatic rings. The molecular weight excluding hydrogens is 264 g/mol. The number of hydrogen-bond donors (Lipinski definition) is 1. The van der Waals surface area contributed by atoms with Gasteiger partial charge < -0.3 is 20.3 Å². The van der Waals surface area contributed by atoms with Gasteiger partial charge in [-0.1, -0.05) is 0 Å². The van der Waals surface area contributed by atoms with Crippen molar-refractivity contribution in [3.63, 3.8) is 0 Å². The summed E-state index contributed by atoms with van der Waals surface area (Å²) in [4.78, 5) is 9.53. The van der Waals surface area contributed by atoms with Gasteiger partial charge in [-0.25, -0.2) is 0 Å². The van der Waals surface area contributed by atoms with Gasteiger partial charge in [0.1, 0.15) is 5.82 Å². The highest BCUT2D eigenvalue weighted by Crippen LogP contribution is 2.32. The molecule has 0 aliphatic carbocycles. The zero-order valence-electron chi connectivity index (χ0n) is 13.1. The number of nitrogens with two attached hydrogens (primary N) is 1. The number of anilines is 2. The van der Waals surface area contributed by atoms with E-state index in [1.165, 1.54) is 25.8 Å². The van der Waals surface area contributed by atoms with E-state index >= 15 is 0 Å². The summed E-state index contributed by atoms with van der Waals surface area (Å²) < 4.78 is 5.52. The molecule has 0 aromatic carbocycles. The average Bonchev–Trinajstić information content (AvgIpc) is 2.50. The van der Waals surface area contributed by atoms with Crippen LogP contribution in [0.1, 0.15) is 26.2 Å². The van der Waals surface area contributed by atoms with Crippen molar-refractivity contribution in [2.24, 2.45) is 5.92 Å². The van der Waals surface area contributed by atoms with Crippen molar-refractivity contribution in [2.45, 2.75) is 32.2 Å². The third-order valence-corrected chi connectivity index (χ3v) is 4.83. The Labute approximate surface area is 127 Å². The van der Waals surface area contributed by atoms with Crippen molar-refractivity contribution in [3.05, 3.63) is 12.1 Å². The molecule has 0 bridgehead atoms. The number of fused-ring (bicyclic) bond motifs is 1. The molecule has 116 valence electrons. The predicted molar refractivity (Wildman–Crippen MR) is 85.8 cm³/mol. The summed E-state index contributed by atoms with van der Waals surface area (Å²) in [6.45, 7) is 5.95. The molecule has 5 heteroatoms. The van der Waals surface area contributed by atoms with Crippen molar-refractivity contribution in [3.8, 4) is 5.88 Å². The number of nitrogen functional groups attached to an aromatic ring is 1. The van der Waals surface area contributed by atoms with E-state index in [1.807, 2.05) is 19.1 Å². The van der Waals surface area contributed by atoms with Gasteiger partial charge in [-0.2, -0.15) is 4.98 Å². The molecule has 2 N–H and O–H groups in total. The molecule has 2 aliphatic heterocycles. The van der Waals surface area contributed by atoms with E-state index in [9.17, 15) is 0 Å². The minimum absolute atomic E-state index is 0.567. The minimum atomic E-state index is 0.567. The molecule has 21 heavy (non-hydrogen) atoms. The fraction of sp³-hybridized carbons (Fsp3) is 0.688. The van der Waals surface area contributed by atoms with Gasteiger partial charge >= 0.3 is 0 Å². The first kappa shape index (κ1) is 14.4. The van der Waals surface area contributed by atoms with Crippen LogP contribution in [-0.4, -0.2) is 49.2 Å². The molecule has 2 fully saturated rings. The Morgan fingerprint density at radius 3 is 3.00 bits per heavy atom. The molecule has 3 heterocycles. The van der Waals surface area contributed by atoms with Gasteiger partial charge in [-0.3, -0.25) is 0 Å². The quantitative estimate of drug-likeness (QED) is 0.922. The lowest BCUT2D eigenvalue weighted by Gasteiger charge is -2.46. The van der Waals surface area contributed by atoms with Gasteiger partial charge in [0.05, 0.1) is 12.3 Å². The first-order chi connectivity index (χ1) is 10.2. The minimum Gasteiger partial charge on any atom is -0.476 e. The van der Waals surface area contributed by atoms with Crippen molar-refractivity contribution in [1.29, 1.82) is 0 Å². The Kier molecular flexibility index (Phi) is 4.19. The molecule has 1 aromatic heterocycles. The highest BCUT2D eigenvalue weighted by molar-refractivity contribution is 5.54. The molecule has 2 atom stereocenters. The number of likely N-dealkylation sites (tertiary alicyclic amines) is 1. The smallest absolute Gasteiger partial charge is 0.239 e. The summed E-state index contributed by atoms with van der Waals surface area (Å²) in [7, 11) is 2.27. The van der Waals surface area contributed by atoms with E-state index in [0.29, 0.717) is 18.2 Å². The van der Waals surface area contributed by atoms with Crippen LogP contribution in [0.15, 0.2) is 12.1 Å². The van der Waals surface area contributed by atoms with Crippen LogP contribution in [0.3, 0.4) is 0 Å². The second-order valence-corrected chi connectivity index (χ2v) is 6.18. The van der Waals surface area contributed by atoms with E-state index in [-0.39, 0.29) is 0 Å². The summed E-state index contributed by atoms with van der Waals surface area (Å²) in [5.74, 6) is 2.32. The predicted octanol–water partition coefficient (Wildman–Crippen LogP) is 1.98. The van der Waals surface area contributed by atoms with Crippen LogP contribution in [0.25, 0.3) is 0 Å². The van der Waals surface area contributed by atoms with Crippen LogP contribution in [0, 0.1) is 5.92 Å². The Morgan fingerprint density at radius 2 is 2.19 bits per heavy atom. The fourth-order valence-electron chi connectivity index (χ4n) is 3.73. The normalized spacial score (nSPS) is 26.5. The number of piperidine rings is 2. The second kappa shape index (κ2) is 6.10. The third-order valence-electron chi connectivity index (χ3n) is 4.83. The lowest BCUT2D eigenvalue weighted by molar-refractivity contribution is 0.102. The van der Waals surface area contributed by atoms with Gasteiger partial charge in [-0.15, -0.1) is 0 Å². The Bertz CT molecular complexity index is 493. The van der Waals surface area contributed by atoms with Crippen LogP contribution in [-0.2, 0) is 0 Å². The molecule has 0 amide bonds. The average molecular weight is 290 g/mol. The van der Waals surface area contributed by atoms with Gasteiger partial charge in [-0.05, 0) is 57.8 Å². The topological polar surface area (TPSA) is 54.6 Å².